The molecule has 0 radical (unpaired) electrons. The van der Waals surface area contributed by atoms with Crippen LogP contribution in [0.2, 0.25) is 0 Å². The van der Waals surface area contributed by atoms with E-state index in [1.54, 1.807) is 7.11 Å². The van der Waals surface area contributed by atoms with E-state index in [0.717, 1.165) is 11.3 Å². The Morgan fingerprint density at radius 2 is 1.95 bits per heavy atom. The molecule has 1 unspecified atom stereocenters. The minimum Gasteiger partial charge on any atom is -0.497 e. The number of nitrogens with two attached hydrogens (primary N) is 1. The molecular weight excluding hydrogens is 260 g/mol. The van der Waals surface area contributed by atoms with Gasteiger partial charge in [0.2, 0.25) is 5.91 Å². The molecule has 0 saturated heterocycles. The quantitative estimate of drug-likeness (QED) is 0.693. The Morgan fingerprint density at radius 3 is 2.45 bits per heavy atom. The summed E-state index contributed by atoms with van der Waals surface area (Å²) in [5, 5.41) is 11.3. The van der Waals surface area contributed by atoms with Crippen LogP contribution in [-0.4, -0.2) is 30.1 Å². The van der Waals surface area contributed by atoms with E-state index >= 15 is 0 Å². The van der Waals surface area contributed by atoms with Crippen LogP contribution in [0.1, 0.15) is 31.4 Å². The predicted octanol–water partition coefficient (Wildman–Crippen LogP) is 1.06. The van der Waals surface area contributed by atoms with E-state index in [2.05, 4.69) is 5.32 Å². The smallest absolute Gasteiger partial charge is 0.303 e. The van der Waals surface area contributed by atoms with Crippen LogP contribution in [0.4, 0.5) is 0 Å². The number of rotatable bonds is 7. The fourth-order valence-corrected chi connectivity index (χ4v) is 1.71. The van der Waals surface area contributed by atoms with Gasteiger partial charge in [-0.15, -0.1) is 0 Å². The molecule has 110 valence electrons. The van der Waals surface area contributed by atoms with Gasteiger partial charge in [0, 0.05) is 6.42 Å². The molecule has 1 rings (SSSR count). The van der Waals surface area contributed by atoms with Crippen molar-refractivity contribution in [3.05, 3.63) is 29.8 Å². The maximum Gasteiger partial charge on any atom is 0.303 e. The summed E-state index contributed by atoms with van der Waals surface area (Å²) in [6, 6.07) is 6.31. The summed E-state index contributed by atoms with van der Waals surface area (Å²) in [4.78, 5) is 22.2. The second kappa shape index (κ2) is 7.49. The maximum absolute atomic E-state index is 11.8. The van der Waals surface area contributed by atoms with E-state index in [1.807, 2.05) is 31.2 Å². The zero-order valence-electron chi connectivity index (χ0n) is 11.6. The molecule has 0 aliphatic heterocycles. The predicted molar refractivity (Wildman–Crippen MR) is 74.4 cm³/mol. The van der Waals surface area contributed by atoms with Gasteiger partial charge in [0.1, 0.15) is 5.75 Å². The highest BCUT2D eigenvalue weighted by atomic mass is 16.5. The molecule has 0 bridgehead atoms. The second-order valence-corrected chi connectivity index (χ2v) is 4.54. The Labute approximate surface area is 117 Å². The van der Waals surface area contributed by atoms with Crippen LogP contribution in [0.15, 0.2) is 24.3 Å². The van der Waals surface area contributed by atoms with Crippen LogP contribution in [-0.2, 0) is 9.59 Å². The first-order chi connectivity index (χ1) is 9.43. The van der Waals surface area contributed by atoms with Gasteiger partial charge >= 0.3 is 5.97 Å². The highest BCUT2D eigenvalue weighted by Crippen LogP contribution is 2.17. The van der Waals surface area contributed by atoms with Crippen molar-refractivity contribution in [2.75, 3.05) is 7.11 Å². The van der Waals surface area contributed by atoms with Gasteiger partial charge < -0.3 is 20.9 Å². The minimum absolute atomic E-state index is 0.120. The standard InChI is InChI=1S/C14H20N2O4/c1-9(10-3-5-11(20-2)6-4-10)16-14(19)12(15)7-8-13(17)18/h3-6,9,12H,7-8,15H2,1-2H3,(H,16,19)(H,17,18)/t9-,12?/m0/s1. The third-order valence-electron chi connectivity index (χ3n) is 2.98. The molecular formula is C14H20N2O4. The SMILES string of the molecule is COc1ccc([C@H](C)NC(=O)C(N)CCC(=O)O)cc1. The minimum atomic E-state index is -0.962. The van der Waals surface area contributed by atoms with Crippen molar-refractivity contribution in [3.63, 3.8) is 0 Å². The highest BCUT2D eigenvalue weighted by molar-refractivity contribution is 5.82. The molecule has 0 spiro atoms. The lowest BCUT2D eigenvalue weighted by Gasteiger charge is -2.17. The summed E-state index contributed by atoms with van der Waals surface area (Å²) in [6.45, 7) is 1.84. The number of hydrogen-bond acceptors (Lipinski definition) is 4. The summed E-state index contributed by atoms with van der Waals surface area (Å²) < 4.78 is 5.06. The third-order valence-corrected chi connectivity index (χ3v) is 2.98. The number of hydrogen-bond donors (Lipinski definition) is 3. The summed E-state index contributed by atoms with van der Waals surface area (Å²) in [7, 11) is 1.59. The molecule has 0 fully saturated rings. The van der Waals surface area contributed by atoms with Gasteiger partial charge in [0.15, 0.2) is 0 Å². The molecule has 0 heterocycles. The lowest BCUT2D eigenvalue weighted by molar-refractivity contribution is -0.137. The van der Waals surface area contributed by atoms with Gasteiger partial charge in [-0.05, 0) is 31.0 Å². The summed E-state index contributed by atoms with van der Waals surface area (Å²) in [6.07, 6.45) is 0.00199. The van der Waals surface area contributed by atoms with Crippen molar-refractivity contribution in [1.82, 2.24) is 5.32 Å². The molecule has 20 heavy (non-hydrogen) atoms. The first-order valence-electron chi connectivity index (χ1n) is 6.35. The normalized spacial score (nSPS) is 13.3. The molecule has 6 heteroatoms. The zero-order valence-corrected chi connectivity index (χ0v) is 11.6. The van der Waals surface area contributed by atoms with Gasteiger partial charge in [0.25, 0.3) is 0 Å². The Balaban J connectivity index is 2.53. The first-order valence-corrected chi connectivity index (χ1v) is 6.35. The lowest BCUT2D eigenvalue weighted by Crippen LogP contribution is -2.41. The Kier molecular flexibility index (Phi) is 5.99. The zero-order chi connectivity index (χ0) is 15.1. The van der Waals surface area contributed by atoms with Gasteiger partial charge in [-0.25, -0.2) is 0 Å². The summed E-state index contributed by atoms with van der Waals surface area (Å²) >= 11 is 0. The highest BCUT2D eigenvalue weighted by Gasteiger charge is 2.17. The van der Waals surface area contributed by atoms with Crippen LogP contribution in [0.3, 0.4) is 0 Å². The monoisotopic (exact) mass is 280 g/mol. The molecule has 6 nitrogen and oxygen atoms in total. The fourth-order valence-electron chi connectivity index (χ4n) is 1.71. The van der Waals surface area contributed by atoms with Crippen LogP contribution in [0, 0.1) is 0 Å². The molecule has 1 amide bonds. The average molecular weight is 280 g/mol. The van der Waals surface area contributed by atoms with Crippen LogP contribution in [0.25, 0.3) is 0 Å². The van der Waals surface area contributed by atoms with Gasteiger partial charge in [-0.2, -0.15) is 0 Å². The number of methoxy groups -OCH3 is 1. The van der Waals surface area contributed by atoms with E-state index < -0.39 is 12.0 Å². The number of aliphatic carboxylic acids is 1. The number of carbonyl (C=O) groups is 2. The van der Waals surface area contributed by atoms with Crippen molar-refractivity contribution in [2.45, 2.75) is 31.8 Å². The van der Waals surface area contributed by atoms with Crippen molar-refractivity contribution in [2.24, 2.45) is 5.73 Å². The Hall–Kier alpha value is -2.08. The summed E-state index contributed by atoms with van der Waals surface area (Å²) in [5.41, 5.74) is 6.56. The van der Waals surface area contributed by atoms with E-state index in [4.69, 9.17) is 15.6 Å². The largest absolute Gasteiger partial charge is 0.497 e. The molecule has 0 aliphatic rings. The lowest BCUT2D eigenvalue weighted by atomic mass is 10.1. The number of ether oxygens (including phenoxy) is 1. The molecule has 0 saturated carbocycles. The average Bonchev–Trinajstić information content (AvgIpc) is 2.44. The molecule has 0 aromatic heterocycles. The van der Waals surface area contributed by atoms with Crippen molar-refractivity contribution in [3.8, 4) is 5.75 Å². The molecule has 0 aliphatic carbocycles. The van der Waals surface area contributed by atoms with E-state index in [1.165, 1.54) is 0 Å². The van der Waals surface area contributed by atoms with E-state index in [9.17, 15) is 9.59 Å². The third kappa shape index (κ3) is 4.89. The molecule has 1 aromatic rings. The van der Waals surface area contributed by atoms with Crippen molar-refractivity contribution in [1.29, 1.82) is 0 Å². The first kappa shape index (κ1) is 16.0. The van der Waals surface area contributed by atoms with Gasteiger partial charge in [-0.3, -0.25) is 9.59 Å². The van der Waals surface area contributed by atoms with Crippen LogP contribution >= 0.6 is 0 Å². The van der Waals surface area contributed by atoms with Crippen molar-refractivity contribution < 1.29 is 19.4 Å². The van der Waals surface area contributed by atoms with E-state index in [0.29, 0.717) is 0 Å². The summed E-state index contributed by atoms with van der Waals surface area (Å²) in [5.74, 6) is -0.573. The maximum atomic E-state index is 11.8. The fraction of sp³-hybridized carbons (Fsp3) is 0.429. The number of nitrogens with one attached hydrogen (secondary N) is 1. The van der Waals surface area contributed by atoms with E-state index in [-0.39, 0.29) is 24.8 Å². The number of benzene rings is 1. The van der Waals surface area contributed by atoms with Crippen molar-refractivity contribution >= 4 is 11.9 Å². The number of carbonyl (C=O) groups excluding carboxylic acids is 1. The topological polar surface area (TPSA) is 102 Å². The number of amides is 1. The number of carboxylic acid groups (broad SMARTS) is 1. The second-order valence-electron chi connectivity index (χ2n) is 4.54. The Morgan fingerprint density at radius 1 is 1.35 bits per heavy atom. The van der Waals surface area contributed by atoms with Gasteiger partial charge in [0.05, 0.1) is 19.2 Å². The molecule has 4 N–H and O–H groups in total. The Bertz CT molecular complexity index is 459. The number of carboxylic acids is 1. The van der Waals surface area contributed by atoms with Crippen LogP contribution in [0.5, 0.6) is 5.75 Å². The van der Waals surface area contributed by atoms with Crippen LogP contribution < -0.4 is 15.8 Å². The molecule has 2 atom stereocenters. The molecule has 1 aromatic carbocycles. The van der Waals surface area contributed by atoms with Gasteiger partial charge in [-0.1, -0.05) is 12.1 Å².